The van der Waals surface area contributed by atoms with Gasteiger partial charge in [-0.2, -0.15) is 0 Å². The number of hydrazine groups is 1. The summed E-state index contributed by atoms with van der Waals surface area (Å²) in [7, 11) is 0. The molecule has 0 heterocycles. The maximum Gasteiger partial charge on any atom is 0.303 e. The fraction of sp³-hybridized carbons (Fsp3) is 0.700. The predicted octanol–water partition coefficient (Wildman–Crippen LogP) is 0.579. The van der Waals surface area contributed by atoms with Gasteiger partial charge in [-0.25, -0.2) is 0 Å². The minimum absolute atomic E-state index is 0.0444. The molecule has 16 heavy (non-hydrogen) atoms. The molecule has 0 spiro atoms. The van der Waals surface area contributed by atoms with Crippen LogP contribution in [-0.2, 0) is 14.4 Å². The summed E-state index contributed by atoms with van der Waals surface area (Å²) < 4.78 is 0. The fourth-order valence-corrected chi connectivity index (χ4v) is 1.00. The minimum atomic E-state index is -0.931. The van der Waals surface area contributed by atoms with Crippen molar-refractivity contribution in [3.8, 4) is 0 Å². The number of aliphatic carboxylic acids is 1. The van der Waals surface area contributed by atoms with Crippen molar-refractivity contribution in [3.05, 3.63) is 0 Å². The Balaban J connectivity index is 3.49. The summed E-state index contributed by atoms with van der Waals surface area (Å²) in [5, 5.41) is 8.34. The van der Waals surface area contributed by atoms with E-state index in [2.05, 4.69) is 10.9 Å². The Bertz CT molecular complexity index is 253. The second-order valence-corrected chi connectivity index (χ2v) is 3.45. The molecular formula is C10H18N2O4. The first-order valence-electron chi connectivity index (χ1n) is 5.35. The van der Waals surface area contributed by atoms with Crippen molar-refractivity contribution in [2.45, 2.75) is 45.4 Å². The van der Waals surface area contributed by atoms with Gasteiger partial charge >= 0.3 is 5.97 Å². The molecule has 0 aromatic heterocycles. The quantitative estimate of drug-likeness (QED) is 0.557. The molecule has 0 aliphatic rings. The van der Waals surface area contributed by atoms with Gasteiger partial charge in [0.15, 0.2) is 0 Å². The topological polar surface area (TPSA) is 95.5 Å². The van der Waals surface area contributed by atoms with Crippen LogP contribution >= 0.6 is 0 Å². The van der Waals surface area contributed by atoms with E-state index in [1.807, 2.05) is 6.92 Å². The van der Waals surface area contributed by atoms with E-state index in [0.717, 1.165) is 12.8 Å². The first-order valence-corrected chi connectivity index (χ1v) is 5.35. The average molecular weight is 230 g/mol. The molecule has 0 saturated carbocycles. The standard InChI is InChI=1S/C10H18N2O4/c1-2-3-5-8(13)11-12-9(14)6-4-7-10(15)16/h2-7H2,1H3,(H,11,13)(H,12,14)(H,15,16). The molecule has 92 valence electrons. The summed E-state index contributed by atoms with van der Waals surface area (Å²) in [6.07, 6.45) is 2.40. The minimum Gasteiger partial charge on any atom is -0.481 e. The van der Waals surface area contributed by atoms with E-state index in [0.29, 0.717) is 6.42 Å². The Labute approximate surface area is 94.4 Å². The molecule has 0 aromatic rings. The lowest BCUT2D eigenvalue weighted by molar-refractivity contribution is -0.137. The maximum atomic E-state index is 11.1. The third kappa shape index (κ3) is 8.98. The van der Waals surface area contributed by atoms with Crippen LogP contribution in [-0.4, -0.2) is 22.9 Å². The number of nitrogens with one attached hydrogen (secondary N) is 2. The van der Waals surface area contributed by atoms with Gasteiger partial charge in [-0.05, 0) is 12.8 Å². The normalized spacial score (nSPS) is 9.56. The Kier molecular flexibility index (Phi) is 7.83. The van der Waals surface area contributed by atoms with Gasteiger partial charge < -0.3 is 5.11 Å². The number of carbonyl (C=O) groups excluding carboxylic acids is 2. The lowest BCUT2D eigenvalue weighted by atomic mass is 10.2. The van der Waals surface area contributed by atoms with Crippen LogP contribution in [0.1, 0.15) is 45.4 Å². The van der Waals surface area contributed by atoms with Crippen LogP contribution in [0.25, 0.3) is 0 Å². The molecule has 0 saturated heterocycles. The van der Waals surface area contributed by atoms with Crippen LogP contribution in [0.3, 0.4) is 0 Å². The third-order valence-electron chi connectivity index (χ3n) is 1.89. The van der Waals surface area contributed by atoms with Gasteiger partial charge in [0.1, 0.15) is 0 Å². The Morgan fingerprint density at radius 3 is 1.88 bits per heavy atom. The van der Waals surface area contributed by atoms with Crippen LogP contribution in [0, 0.1) is 0 Å². The second kappa shape index (κ2) is 8.70. The van der Waals surface area contributed by atoms with Gasteiger partial charge in [0.05, 0.1) is 0 Å². The van der Waals surface area contributed by atoms with Crippen LogP contribution in [0.4, 0.5) is 0 Å². The number of rotatable bonds is 7. The predicted molar refractivity (Wildman–Crippen MR) is 57.3 cm³/mol. The zero-order chi connectivity index (χ0) is 12.4. The van der Waals surface area contributed by atoms with E-state index < -0.39 is 5.97 Å². The van der Waals surface area contributed by atoms with E-state index in [9.17, 15) is 14.4 Å². The first kappa shape index (κ1) is 14.4. The molecule has 3 N–H and O–H groups in total. The highest BCUT2D eigenvalue weighted by molar-refractivity contribution is 5.82. The monoisotopic (exact) mass is 230 g/mol. The van der Waals surface area contributed by atoms with Crippen molar-refractivity contribution in [1.82, 2.24) is 10.9 Å². The summed E-state index contributed by atoms with van der Waals surface area (Å²) in [4.78, 5) is 32.3. The van der Waals surface area contributed by atoms with Gasteiger partial charge in [0, 0.05) is 19.3 Å². The largest absolute Gasteiger partial charge is 0.481 e. The highest BCUT2D eigenvalue weighted by Gasteiger charge is 2.05. The van der Waals surface area contributed by atoms with Crippen molar-refractivity contribution in [3.63, 3.8) is 0 Å². The average Bonchev–Trinajstić information content (AvgIpc) is 2.23. The zero-order valence-electron chi connectivity index (χ0n) is 9.41. The smallest absolute Gasteiger partial charge is 0.303 e. The highest BCUT2D eigenvalue weighted by atomic mass is 16.4. The van der Waals surface area contributed by atoms with E-state index in [4.69, 9.17) is 5.11 Å². The summed E-state index contributed by atoms with van der Waals surface area (Å²) in [6, 6.07) is 0. The summed E-state index contributed by atoms with van der Waals surface area (Å²) in [5.74, 6) is -1.53. The number of carboxylic acids is 1. The summed E-state index contributed by atoms with van der Waals surface area (Å²) in [5.41, 5.74) is 4.50. The van der Waals surface area contributed by atoms with Gasteiger partial charge in [-0.1, -0.05) is 13.3 Å². The second-order valence-electron chi connectivity index (χ2n) is 3.45. The van der Waals surface area contributed by atoms with Crippen LogP contribution < -0.4 is 10.9 Å². The van der Waals surface area contributed by atoms with Crippen LogP contribution in [0.2, 0.25) is 0 Å². The molecule has 0 radical (unpaired) electrons. The van der Waals surface area contributed by atoms with E-state index in [-0.39, 0.29) is 31.1 Å². The number of unbranched alkanes of at least 4 members (excludes halogenated alkanes) is 1. The van der Waals surface area contributed by atoms with Gasteiger partial charge in [-0.3, -0.25) is 25.2 Å². The number of hydrogen-bond donors (Lipinski definition) is 3. The Morgan fingerprint density at radius 1 is 0.938 bits per heavy atom. The molecular weight excluding hydrogens is 212 g/mol. The molecule has 0 aliphatic heterocycles. The van der Waals surface area contributed by atoms with Crippen molar-refractivity contribution in [1.29, 1.82) is 0 Å². The molecule has 6 nitrogen and oxygen atoms in total. The van der Waals surface area contributed by atoms with Crippen molar-refractivity contribution in [2.75, 3.05) is 0 Å². The fourth-order valence-electron chi connectivity index (χ4n) is 1.00. The Morgan fingerprint density at radius 2 is 1.44 bits per heavy atom. The van der Waals surface area contributed by atoms with E-state index >= 15 is 0 Å². The van der Waals surface area contributed by atoms with Crippen LogP contribution in [0.5, 0.6) is 0 Å². The van der Waals surface area contributed by atoms with Crippen molar-refractivity contribution in [2.24, 2.45) is 0 Å². The molecule has 0 atom stereocenters. The molecule has 0 fully saturated rings. The molecule has 0 aromatic carbocycles. The number of carbonyl (C=O) groups is 3. The number of amides is 2. The van der Waals surface area contributed by atoms with E-state index in [1.54, 1.807) is 0 Å². The first-order chi connectivity index (χ1) is 7.56. The zero-order valence-corrected chi connectivity index (χ0v) is 9.41. The molecule has 0 unspecified atom stereocenters. The van der Waals surface area contributed by atoms with Crippen molar-refractivity contribution >= 4 is 17.8 Å². The SMILES string of the molecule is CCCCC(=O)NNC(=O)CCCC(=O)O. The van der Waals surface area contributed by atoms with Crippen molar-refractivity contribution < 1.29 is 19.5 Å². The number of carboxylic acid groups (broad SMARTS) is 1. The summed E-state index contributed by atoms with van der Waals surface area (Å²) >= 11 is 0. The van der Waals surface area contributed by atoms with Gasteiger partial charge in [0.25, 0.3) is 0 Å². The van der Waals surface area contributed by atoms with Crippen LogP contribution in [0.15, 0.2) is 0 Å². The molecule has 6 heteroatoms. The number of hydrogen-bond acceptors (Lipinski definition) is 3. The Hall–Kier alpha value is -1.59. The highest BCUT2D eigenvalue weighted by Crippen LogP contribution is 1.95. The van der Waals surface area contributed by atoms with E-state index in [1.165, 1.54) is 0 Å². The molecule has 0 bridgehead atoms. The van der Waals surface area contributed by atoms with Gasteiger partial charge in [0.2, 0.25) is 11.8 Å². The third-order valence-corrected chi connectivity index (χ3v) is 1.89. The van der Waals surface area contributed by atoms with Gasteiger partial charge in [-0.15, -0.1) is 0 Å². The maximum absolute atomic E-state index is 11.1. The lowest BCUT2D eigenvalue weighted by Crippen LogP contribution is -2.41. The summed E-state index contributed by atoms with van der Waals surface area (Å²) in [6.45, 7) is 1.97. The lowest BCUT2D eigenvalue weighted by Gasteiger charge is -2.06. The molecule has 0 aliphatic carbocycles. The molecule has 0 rings (SSSR count). The molecule has 2 amide bonds.